The number of anilines is 1. The molecule has 1 unspecified atom stereocenters. The first-order valence-electron chi connectivity index (χ1n) is 8.31. The molecular formula is C17H19N5O5S. The molecule has 1 atom stereocenters. The Morgan fingerprint density at radius 3 is 2.57 bits per heavy atom. The van der Waals surface area contributed by atoms with Gasteiger partial charge in [0.15, 0.2) is 0 Å². The highest BCUT2D eigenvalue weighted by Gasteiger charge is 2.36. The van der Waals surface area contributed by atoms with Crippen LogP contribution in [0.2, 0.25) is 0 Å². The zero-order valence-corrected chi connectivity index (χ0v) is 15.5. The van der Waals surface area contributed by atoms with Crippen molar-refractivity contribution >= 4 is 22.6 Å². The van der Waals surface area contributed by atoms with Gasteiger partial charge in [-0.1, -0.05) is 35.2 Å². The van der Waals surface area contributed by atoms with E-state index in [0.29, 0.717) is 18.4 Å². The van der Waals surface area contributed by atoms with Crippen LogP contribution < -0.4 is 9.03 Å². The van der Waals surface area contributed by atoms with Gasteiger partial charge in [-0.2, -0.15) is 4.72 Å². The second kappa shape index (κ2) is 8.07. The van der Waals surface area contributed by atoms with Gasteiger partial charge < -0.3 is 10.2 Å². The molecule has 0 aliphatic carbocycles. The predicted octanol–water partition coefficient (Wildman–Crippen LogP) is 2.94. The summed E-state index contributed by atoms with van der Waals surface area (Å²) in [6, 6.07) is 11.6. The van der Waals surface area contributed by atoms with Crippen molar-refractivity contribution in [3.8, 4) is 5.75 Å². The number of aliphatic hydroxyl groups is 1. The molecule has 148 valence electrons. The lowest BCUT2D eigenvalue weighted by Gasteiger charge is -2.36. The molecule has 1 heterocycles. The first kappa shape index (κ1) is 20.0. The van der Waals surface area contributed by atoms with Crippen LogP contribution in [0.5, 0.6) is 5.75 Å². The maximum atomic E-state index is 11.6. The lowest BCUT2D eigenvalue weighted by atomic mass is 10.0. The van der Waals surface area contributed by atoms with Crippen molar-refractivity contribution in [2.45, 2.75) is 19.1 Å². The number of carbonyl (C=O) groups is 1. The van der Waals surface area contributed by atoms with Crippen molar-refractivity contribution in [2.24, 2.45) is 5.11 Å². The average molecular weight is 405 g/mol. The fraction of sp³-hybridized carbons (Fsp3) is 0.235. The number of hydrogen-bond donors (Lipinski definition) is 5. The molecule has 11 heteroatoms. The van der Waals surface area contributed by atoms with Crippen LogP contribution >= 0.6 is 11.0 Å². The molecule has 2 aromatic carbocycles. The molecule has 0 aromatic heterocycles. The Hall–Kier alpha value is -2.79. The number of carbonyl (C=O) groups excluding carboxylic acids is 1. The minimum absolute atomic E-state index is 0.0682. The van der Waals surface area contributed by atoms with Crippen LogP contribution in [-0.4, -0.2) is 38.0 Å². The van der Waals surface area contributed by atoms with Gasteiger partial charge in [0.1, 0.15) is 17.7 Å². The molecule has 5 N–H and O–H groups in total. The lowest BCUT2D eigenvalue weighted by Crippen LogP contribution is -2.25. The Bertz CT molecular complexity index is 947. The highest BCUT2D eigenvalue weighted by molar-refractivity contribution is 8.24. The topological polar surface area (TPSA) is 162 Å². The number of nitrogens with one attached hydrogen (secondary N) is 1. The molecule has 0 radical (unpaired) electrons. The van der Waals surface area contributed by atoms with Gasteiger partial charge in [-0.25, -0.2) is 0 Å². The number of aromatic hydroxyl groups is 1. The Morgan fingerprint density at radius 2 is 1.96 bits per heavy atom. The van der Waals surface area contributed by atoms with Gasteiger partial charge in [0.25, 0.3) is 0 Å². The number of aliphatic hydroxyl groups excluding tert-OH is 1. The van der Waals surface area contributed by atoms with E-state index < -0.39 is 23.1 Å². The first-order chi connectivity index (χ1) is 13.3. The van der Waals surface area contributed by atoms with E-state index in [1.54, 1.807) is 30.3 Å². The molecular weight excluding hydrogens is 386 g/mol. The maximum absolute atomic E-state index is 11.6. The molecule has 1 aliphatic rings. The minimum atomic E-state index is -3.39. The fourth-order valence-electron chi connectivity index (χ4n) is 2.96. The van der Waals surface area contributed by atoms with E-state index >= 15 is 0 Å². The summed E-state index contributed by atoms with van der Waals surface area (Å²) in [6.07, 6.45) is 0.0314. The van der Waals surface area contributed by atoms with Crippen molar-refractivity contribution in [2.75, 3.05) is 10.8 Å². The number of phenolic OH excluding ortho intramolecular Hbond substituents is 1. The van der Waals surface area contributed by atoms with Crippen LogP contribution in [0.25, 0.3) is 10.4 Å². The summed E-state index contributed by atoms with van der Waals surface area (Å²) in [7, 11) is -3.39. The Morgan fingerprint density at radius 1 is 1.25 bits per heavy atom. The molecule has 0 saturated carbocycles. The van der Waals surface area contributed by atoms with Crippen LogP contribution in [0.3, 0.4) is 0 Å². The van der Waals surface area contributed by atoms with Gasteiger partial charge in [0.05, 0.1) is 6.54 Å². The van der Waals surface area contributed by atoms with Crippen molar-refractivity contribution < 1.29 is 24.1 Å². The van der Waals surface area contributed by atoms with Crippen LogP contribution in [0, 0.1) is 0 Å². The molecule has 1 aliphatic heterocycles. The number of β-amino-alcohol motifs (C(OH)–C–C–N with tert-alkyl or cyclic N) is 1. The summed E-state index contributed by atoms with van der Waals surface area (Å²) in [6.45, 7) is -0.0682. The summed E-state index contributed by atoms with van der Waals surface area (Å²) in [5, 5.41) is 22.9. The summed E-state index contributed by atoms with van der Waals surface area (Å²) in [5.41, 5.74) is 10.5. The highest BCUT2D eigenvalue weighted by Crippen LogP contribution is 2.49. The summed E-state index contributed by atoms with van der Waals surface area (Å²) in [5.74, 6) is -0.785. The van der Waals surface area contributed by atoms with Gasteiger partial charge >= 0.3 is 0 Å². The van der Waals surface area contributed by atoms with Crippen LogP contribution in [-0.2, 0) is 12.8 Å². The van der Waals surface area contributed by atoms with Crippen molar-refractivity contribution in [3.05, 3.63) is 69.6 Å². The Balaban J connectivity index is 1.71. The van der Waals surface area contributed by atoms with E-state index in [0.717, 1.165) is 15.4 Å². The zero-order valence-electron chi connectivity index (χ0n) is 14.6. The van der Waals surface area contributed by atoms with E-state index in [1.807, 2.05) is 6.07 Å². The maximum Gasteiger partial charge on any atom is 0.249 e. The van der Waals surface area contributed by atoms with Gasteiger partial charge in [-0.05, 0) is 52.8 Å². The minimum Gasteiger partial charge on any atom is -0.506 e. The van der Waals surface area contributed by atoms with Gasteiger partial charge in [-0.15, -0.1) is 0 Å². The Labute approximate surface area is 162 Å². The lowest BCUT2D eigenvalue weighted by molar-refractivity contribution is 0.1000. The third-order valence-electron chi connectivity index (χ3n) is 4.26. The fourth-order valence-corrected chi connectivity index (χ4v) is 4.31. The molecule has 1 saturated heterocycles. The predicted molar refractivity (Wildman–Crippen MR) is 105 cm³/mol. The number of nitrogens with zero attached hydrogens (tertiary/aromatic N) is 4. The van der Waals surface area contributed by atoms with Crippen molar-refractivity contribution in [3.63, 3.8) is 0 Å². The van der Waals surface area contributed by atoms with E-state index in [9.17, 15) is 24.1 Å². The molecule has 2 aromatic rings. The normalized spacial score (nSPS) is 19.1. The zero-order chi connectivity index (χ0) is 20.3. The van der Waals surface area contributed by atoms with Crippen LogP contribution in [0.15, 0.2) is 47.6 Å². The van der Waals surface area contributed by atoms with Crippen molar-refractivity contribution in [1.82, 2.24) is 4.72 Å². The Kier molecular flexibility index (Phi) is 5.75. The van der Waals surface area contributed by atoms with Gasteiger partial charge in [0, 0.05) is 10.5 Å². The van der Waals surface area contributed by atoms with Crippen molar-refractivity contribution in [1.29, 1.82) is 0 Å². The average Bonchev–Trinajstić information content (AvgIpc) is 2.92. The number of rotatable bonds is 5. The van der Waals surface area contributed by atoms with E-state index in [2.05, 4.69) is 14.7 Å². The second-order valence-corrected chi connectivity index (χ2v) is 7.95. The third-order valence-corrected chi connectivity index (χ3v) is 5.81. The second-order valence-electron chi connectivity index (χ2n) is 6.23. The molecule has 28 heavy (non-hydrogen) atoms. The van der Waals surface area contributed by atoms with Gasteiger partial charge in [0.2, 0.25) is 5.91 Å². The van der Waals surface area contributed by atoms with E-state index in [-0.39, 0.29) is 18.0 Å². The molecule has 0 spiro atoms. The number of amides is 1. The monoisotopic (exact) mass is 405 g/mol. The number of phenols is 1. The third kappa shape index (κ3) is 4.37. The molecule has 1 amide bonds. The number of aryl methyl sites for hydroxylation is 2. The number of azide groups is 1. The van der Waals surface area contributed by atoms with E-state index in [4.69, 9.17) is 5.53 Å². The standard InChI is InChI=1S/C17H19N5O5S/c18-21-19-17(25)13-3-1-2-11(8-13)4-5-12-6-7-14(15(23)9-12)22-10-16(24)20-28(22,26)27/h1-3,6-9,16,20,23-24,26-27H,4-5,10H2. The molecule has 0 bridgehead atoms. The highest BCUT2D eigenvalue weighted by atomic mass is 32.3. The van der Waals surface area contributed by atoms with E-state index in [1.165, 1.54) is 6.07 Å². The summed E-state index contributed by atoms with van der Waals surface area (Å²) < 4.78 is 23.3. The summed E-state index contributed by atoms with van der Waals surface area (Å²) in [4.78, 5) is 14.1. The largest absolute Gasteiger partial charge is 0.506 e. The summed E-state index contributed by atoms with van der Waals surface area (Å²) >= 11 is 0. The smallest absolute Gasteiger partial charge is 0.249 e. The quantitative estimate of drug-likeness (QED) is 0.290. The SMILES string of the molecule is [N-]=[N+]=NC(=O)c1cccc(CCc2ccc(N3CC(O)NS3(O)O)c(O)c2)c1. The first-order valence-corrected chi connectivity index (χ1v) is 9.82. The van der Waals surface area contributed by atoms with Crippen LogP contribution in [0.4, 0.5) is 5.69 Å². The van der Waals surface area contributed by atoms with Crippen LogP contribution in [0.1, 0.15) is 21.5 Å². The van der Waals surface area contributed by atoms with Gasteiger partial charge in [-0.3, -0.25) is 18.2 Å². The molecule has 3 rings (SSSR count). The number of benzene rings is 2. The molecule has 10 nitrogen and oxygen atoms in total. The number of hydrogen-bond acceptors (Lipinski definition) is 7. The molecule has 1 fully saturated rings.